The lowest BCUT2D eigenvalue weighted by Gasteiger charge is -2.12. The molecule has 3 nitrogen and oxygen atoms in total. The number of nitrogens with one attached hydrogen (secondary N) is 1. The van der Waals surface area contributed by atoms with Crippen LogP contribution >= 0.6 is 39.1 Å². The van der Waals surface area contributed by atoms with Crippen LogP contribution in [0.5, 0.6) is 0 Å². The summed E-state index contributed by atoms with van der Waals surface area (Å²) in [5.74, 6) is 0.719. The van der Waals surface area contributed by atoms with Crippen LogP contribution in [0.3, 0.4) is 0 Å². The zero-order chi connectivity index (χ0) is 15.0. The molecule has 3 N–H and O–H groups in total. The van der Waals surface area contributed by atoms with E-state index in [4.69, 9.17) is 28.9 Å². The standard InChI is InChI=1S/C15H10BrCl2N3/c16-10-5-6-13(9-4-2-1-3-8(9)10)20-15-12(18)7-11(17)14(19)21-15/h1-7H,(H3,19,20,21). The number of rotatable bonds is 2. The molecule has 0 bridgehead atoms. The molecule has 1 aromatic heterocycles. The first kappa shape index (κ1) is 14.4. The SMILES string of the molecule is Nc1nc(Nc2ccc(Br)c3ccccc23)c(Cl)cc1Cl. The first-order chi connectivity index (χ1) is 10.1. The average Bonchev–Trinajstić information content (AvgIpc) is 2.48. The molecule has 3 rings (SSSR count). The van der Waals surface area contributed by atoms with E-state index in [-0.39, 0.29) is 5.82 Å². The molecule has 0 aliphatic carbocycles. The van der Waals surface area contributed by atoms with Crippen molar-refractivity contribution < 1.29 is 0 Å². The summed E-state index contributed by atoms with van der Waals surface area (Å²) in [5, 5.41) is 6.12. The van der Waals surface area contributed by atoms with E-state index >= 15 is 0 Å². The number of nitrogens with two attached hydrogens (primary N) is 1. The van der Waals surface area contributed by atoms with E-state index in [0.717, 1.165) is 20.9 Å². The highest BCUT2D eigenvalue weighted by Gasteiger charge is 2.10. The Balaban J connectivity index is 2.11. The molecule has 1 heterocycles. The van der Waals surface area contributed by atoms with E-state index in [1.54, 1.807) is 6.07 Å². The van der Waals surface area contributed by atoms with Gasteiger partial charge in [-0.05, 0) is 23.6 Å². The number of fused-ring (bicyclic) bond motifs is 1. The number of benzene rings is 2. The van der Waals surface area contributed by atoms with Gasteiger partial charge in [-0.25, -0.2) is 4.98 Å². The third-order valence-corrected chi connectivity index (χ3v) is 4.36. The van der Waals surface area contributed by atoms with Gasteiger partial charge in [0, 0.05) is 15.5 Å². The van der Waals surface area contributed by atoms with E-state index in [2.05, 4.69) is 26.2 Å². The maximum atomic E-state index is 6.16. The molecule has 0 saturated heterocycles. The molecule has 0 amide bonds. The van der Waals surface area contributed by atoms with Crippen molar-refractivity contribution >= 4 is 67.2 Å². The van der Waals surface area contributed by atoms with Crippen LogP contribution in [0.1, 0.15) is 0 Å². The fraction of sp³-hybridized carbons (Fsp3) is 0. The molecule has 0 saturated carbocycles. The highest BCUT2D eigenvalue weighted by atomic mass is 79.9. The summed E-state index contributed by atoms with van der Waals surface area (Å²) in [5.41, 5.74) is 6.62. The van der Waals surface area contributed by atoms with E-state index in [1.165, 1.54) is 0 Å². The Bertz CT molecular complexity index is 837. The van der Waals surface area contributed by atoms with E-state index in [0.29, 0.717) is 15.9 Å². The summed E-state index contributed by atoms with van der Waals surface area (Å²) in [6.07, 6.45) is 0. The van der Waals surface area contributed by atoms with Crippen LogP contribution in [-0.4, -0.2) is 4.98 Å². The van der Waals surface area contributed by atoms with Gasteiger partial charge in [0.2, 0.25) is 0 Å². The molecule has 0 spiro atoms. The van der Waals surface area contributed by atoms with Crippen molar-refractivity contribution in [3.05, 3.63) is 57.0 Å². The predicted molar refractivity (Wildman–Crippen MR) is 93.6 cm³/mol. The smallest absolute Gasteiger partial charge is 0.151 e. The fourth-order valence-electron chi connectivity index (χ4n) is 2.07. The third-order valence-electron chi connectivity index (χ3n) is 3.08. The Morgan fingerprint density at radius 2 is 1.71 bits per heavy atom. The Kier molecular flexibility index (Phi) is 3.93. The minimum absolute atomic E-state index is 0.241. The van der Waals surface area contributed by atoms with Crippen LogP contribution in [0.15, 0.2) is 46.9 Å². The number of hydrogen-bond acceptors (Lipinski definition) is 3. The van der Waals surface area contributed by atoms with E-state index in [9.17, 15) is 0 Å². The highest BCUT2D eigenvalue weighted by molar-refractivity contribution is 9.10. The van der Waals surface area contributed by atoms with Crippen molar-refractivity contribution in [3.8, 4) is 0 Å². The second kappa shape index (κ2) is 5.72. The van der Waals surface area contributed by atoms with Crippen molar-refractivity contribution in [2.75, 3.05) is 11.1 Å². The molecule has 21 heavy (non-hydrogen) atoms. The highest BCUT2D eigenvalue weighted by Crippen LogP contribution is 2.34. The molecular formula is C15H10BrCl2N3. The van der Waals surface area contributed by atoms with Crippen molar-refractivity contribution in [2.24, 2.45) is 0 Å². The van der Waals surface area contributed by atoms with E-state index < -0.39 is 0 Å². The van der Waals surface area contributed by atoms with Crippen molar-refractivity contribution in [1.82, 2.24) is 4.98 Å². The number of anilines is 3. The normalized spacial score (nSPS) is 10.8. The van der Waals surface area contributed by atoms with Gasteiger partial charge in [0.05, 0.1) is 10.0 Å². The maximum Gasteiger partial charge on any atom is 0.151 e. The lowest BCUT2D eigenvalue weighted by Crippen LogP contribution is -1.99. The number of halogens is 3. The van der Waals surface area contributed by atoms with Gasteiger partial charge < -0.3 is 11.1 Å². The molecule has 6 heteroatoms. The van der Waals surface area contributed by atoms with Gasteiger partial charge in [0.1, 0.15) is 5.82 Å². The van der Waals surface area contributed by atoms with Gasteiger partial charge in [-0.2, -0.15) is 0 Å². The fourth-order valence-corrected chi connectivity index (χ4v) is 2.95. The van der Waals surface area contributed by atoms with Gasteiger partial charge in [-0.3, -0.25) is 0 Å². The molecule has 0 aliphatic rings. The zero-order valence-corrected chi connectivity index (χ0v) is 13.8. The zero-order valence-electron chi connectivity index (χ0n) is 10.7. The molecule has 0 unspecified atom stereocenters. The number of hydrogen-bond donors (Lipinski definition) is 2. The molecule has 0 atom stereocenters. The minimum Gasteiger partial charge on any atom is -0.382 e. The third kappa shape index (κ3) is 2.79. The molecular weight excluding hydrogens is 373 g/mol. The number of pyridine rings is 1. The van der Waals surface area contributed by atoms with Gasteiger partial charge in [0.25, 0.3) is 0 Å². The van der Waals surface area contributed by atoms with Crippen molar-refractivity contribution in [2.45, 2.75) is 0 Å². The quantitative estimate of drug-likeness (QED) is 0.603. The Morgan fingerprint density at radius 1 is 1.00 bits per heavy atom. The van der Waals surface area contributed by atoms with Crippen LogP contribution < -0.4 is 11.1 Å². The molecule has 2 aromatic carbocycles. The molecule has 0 radical (unpaired) electrons. The Labute approximate surface area is 140 Å². The van der Waals surface area contributed by atoms with Crippen LogP contribution in [0.4, 0.5) is 17.3 Å². The summed E-state index contributed by atoms with van der Waals surface area (Å²) in [7, 11) is 0. The number of nitrogens with zero attached hydrogens (tertiary/aromatic N) is 1. The van der Waals surface area contributed by atoms with Crippen molar-refractivity contribution in [3.63, 3.8) is 0 Å². The second-order valence-electron chi connectivity index (χ2n) is 4.45. The maximum absolute atomic E-state index is 6.16. The Morgan fingerprint density at radius 3 is 2.48 bits per heavy atom. The van der Waals surface area contributed by atoms with Crippen LogP contribution in [0.2, 0.25) is 10.0 Å². The number of aromatic nitrogens is 1. The minimum atomic E-state index is 0.241. The van der Waals surface area contributed by atoms with Crippen LogP contribution in [0, 0.1) is 0 Å². The first-order valence-electron chi connectivity index (χ1n) is 6.12. The second-order valence-corrected chi connectivity index (χ2v) is 6.12. The summed E-state index contributed by atoms with van der Waals surface area (Å²) in [6, 6.07) is 13.5. The predicted octanol–water partition coefficient (Wildman–Crippen LogP) is 5.63. The molecule has 3 aromatic rings. The Hall–Kier alpha value is -1.49. The summed E-state index contributed by atoms with van der Waals surface area (Å²) in [6.45, 7) is 0. The summed E-state index contributed by atoms with van der Waals surface area (Å²) in [4.78, 5) is 4.19. The van der Waals surface area contributed by atoms with Gasteiger partial charge >= 0.3 is 0 Å². The number of nitrogen functional groups attached to an aromatic ring is 1. The average molecular weight is 383 g/mol. The van der Waals surface area contributed by atoms with Gasteiger partial charge in [-0.15, -0.1) is 0 Å². The van der Waals surface area contributed by atoms with Gasteiger partial charge in [-0.1, -0.05) is 63.4 Å². The van der Waals surface area contributed by atoms with Crippen molar-refractivity contribution in [1.29, 1.82) is 0 Å². The monoisotopic (exact) mass is 381 g/mol. The lowest BCUT2D eigenvalue weighted by molar-refractivity contribution is 1.32. The summed E-state index contributed by atoms with van der Waals surface area (Å²) < 4.78 is 1.03. The topological polar surface area (TPSA) is 50.9 Å². The van der Waals surface area contributed by atoms with E-state index in [1.807, 2.05) is 36.4 Å². The molecule has 106 valence electrons. The van der Waals surface area contributed by atoms with Crippen LogP contribution in [-0.2, 0) is 0 Å². The van der Waals surface area contributed by atoms with Gasteiger partial charge in [0.15, 0.2) is 5.82 Å². The first-order valence-corrected chi connectivity index (χ1v) is 7.67. The molecule has 0 fully saturated rings. The largest absolute Gasteiger partial charge is 0.382 e. The lowest BCUT2D eigenvalue weighted by atomic mass is 10.1. The molecule has 0 aliphatic heterocycles. The summed E-state index contributed by atoms with van der Waals surface area (Å²) >= 11 is 15.6. The van der Waals surface area contributed by atoms with Crippen LogP contribution in [0.25, 0.3) is 10.8 Å².